The van der Waals surface area contributed by atoms with Gasteiger partial charge < -0.3 is 19.3 Å². The minimum absolute atomic E-state index is 0.0670. The lowest BCUT2D eigenvalue weighted by Crippen LogP contribution is -2.29. The molecule has 0 aliphatic carbocycles. The number of hydrogen-bond acceptors (Lipinski definition) is 4. The van der Waals surface area contributed by atoms with Gasteiger partial charge in [0.05, 0.1) is 32.0 Å². The largest absolute Gasteiger partial charge is 0.497 e. The fourth-order valence-corrected chi connectivity index (χ4v) is 4.38. The van der Waals surface area contributed by atoms with Crippen molar-refractivity contribution >= 4 is 0 Å². The van der Waals surface area contributed by atoms with Crippen LogP contribution in [-0.2, 0) is 17.6 Å². The van der Waals surface area contributed by atoms with Crippen LogP contribution in [0.15, 0.2) is 30.3 Å². The number of aliphatic hydroxyl groups excluding tert-OH is 1. The summed E-state index contributed by atoms with van der Waals surface area (Å²) in [7, 11) is 1.69. The van der Waals surface area contributed by atoms with Gasteiger partial charge in [-0.15, -0.1) is 0 Å². The highest BCUT2D eigenvalue weighted by Gasteiger charge is 2.31. The molecule has 1 N–H and O–H groups in total. The number of fused-ring (bicyclic) bond motifs is 1. The molecule has 4 heteroatoms. The van der Waals surface area contributed by atoms with E-state index in [4.69, 9.17) is 14.2 Å². The van der Waals surface area contributed by atoms with Crippen molar-refractivity contribution in [3.8, 4) is 11.5 Å². The van der Waals surface area contributed by atoms with Crippen molar-refractivity contribution in [2.75, 3.05) is 13.7 Å². The van der Waals surface area contributed by atoms with Crippen molar-refractivity contribution in [2.24, 2.45) is 0 Å². The molecule has 0 radical (unpaired) electrons. The summed E-state index contributed by atoms with van der Waals surface area (Å²) in [6.07, 6.45) is 2.84. The van der Waals surface area contributed by atoms with E-state index < -0.39 is 0 Å². The Morgan fingerprint density at radius 2 is 1.96 bits per heavy atom. The Morgan fingerprint density at radius 3 is 2.67 bits per heavy atom. The number of methoxy groups -OCH3 is 1. The van der Waals surface area contributed by atoms with Crippen LogP contribution in [0.25, 0.3) is 0 Å². The van der Waals surface area contributed by atoms with Crippen LogP contribution in [-0.4, -0.2) is 31.0 Å². The van der Waals surface area contributed by atoms with Crippen LogP contribution >= 0.6 is 0 Å². The highest BCUT2D eigenvalue weighted by Crippen LogP contribution is 2.41. The van der Waals surface area contributed by atoms with Crippen LogP contribution in [0.4, 0.5) is 0 Å². The maximum atomic E-state index is 10.2. The summed E-state index contributed by atoms with van der Waals surface area (Å²) < 4.78 is 17.4. The fraction of sp³-hybridized carbons (Fsp3) is 0.478. The minimum atomic E-state index is -0.308. The Labute approximate surface area is 161 Å². The predicted molar refractivity (Wildman–Crippen MR) is 105 cm³/mol. The van der Waals surface area contributed by atoms with Crippen molar-refractivity contribution in [1.82, 2.24) is 0 Å². The fourth-order valence-electron chi connectivity index (χ4n) is 4.38. The zero-order chi connectivity index (χ0) is 19.0. The maximum absolute atomic E-state index is 10.2. The normalized spacial score (nSPS) is 24.4. The quantitative estimate of drug-likeness (QED) is 0.881. The van der Waals surface area contributed by atoms with E-state index in [9.17, 15) is 5.11 Å². The van der Waals surface area contributed by atoms with Gasteiger partial charge in [-0.3, -0.25) is 0 Å². The molecule has 3 unspecified atom stereocenters. The molecule has 0 amide bonds. The van der Waals surface area contributed by atoms with Crippen molar-refractivity contribution in [1.29, 1.82) is 0 Å². The van der Waals surface area contributed by atoms with Gasteiger partial charge >= 0.3 is 0 Å². The van der Waals surface area contributed by atoms with Crippen LogP contribution in [0.1, 0.15) is 53.7 Å². The van der Waals surface area contributed by atoms with Gasteiger partial charge in [-0.05, 0) is 61.1 Å². The maximum Gasteiger partial charge on any atom is 0.126 e. The van der Waals surface area contributed by atoms with Gasteiger partial charge in [0.2, 0.25) is 0 Å². The molecular formula is C23H28O4. The topological polar surface area (TPSA) is 47.9 Å². The summed E-state index contributed by atoms with van der Waals surface area (Å²) in [4.78, 5) is 0. The molecule has 0 aromatic heterocycles. The van der Waals surface area contributed by atoms with Crippen molar-refractivity contribution in [2.45, 2.75) is 57.8 Å². The minimum Gasteiger partial charge on any atom is -0.497 e. The van der Waals surface area contributed by atoms with Gasteiger partial charge in [0, 0.05) is 18.4 Å². The smallest absolute Gasteiger partial charge is 0.126 e. The Bertz CT molecular complexity index is 802. The van der Waals surface area contributed by atoms with Crippen molar-refractivity contribution in [3.63, 3.8) is 0 Å². The monoisotopic (exact) mass is 368 g/mol. The molecule has 3 atom stereocenters. The molecule has 0 saturated carbocycles. The summed E-state index contributed by atoms with van der Waals surface area (Å²) in [6.45, 7) is 4.89. The zero-order valence-corrected chi connectivity index (χ0v) is 16.3. The molecule has 1 saturated heterocycles. The number of ether oxygens (including phenoxy) is 3. The first kappa shape index (κ1) is 18.3. The Hall–Kier alpha value is -2.04. The lowest BCUT2D eigenvalue weighted by Gasteiger charge is -2.33. The molecular weight excluding hydrogens is 340 g/mol. The van der Waals surface area contributed by atoms with E-state index in [1.807, 2.05) is 19.1 Å². The third-order valence-electron chi connectivity index (χ3n) is 5.75. The SMILES string of the molecule is COc1ccc(Cc2cc(C3CC(O)CC(C)O3)c(C)c3c2CCO3)cc1. The van der Waals surface area contributed by atoms with Gasteiger partial charge in [0.1, 0.15) is 11.5 Å². The molecule has 4 nitrogen and oxygen atoms in total. The molecule has 2 aromatic rings. The van der Waals surface area contributed by atoms with E-state index in [2.05, 4.69) is 25.1 Å². The van der Waals surface area contributed by atoms with Gasteiger partial charge in [-0.2, -0.15) is 0 Å². The zero-order valence-electron chi connectivity index (χ0n) is 16.3. The van der Waals surface area contributed by atoms with Crippen LogP contribution in [0.2, 0.25) is 0 Å². The summed E-state index contributed by atoms with van der Waals surface area (Å²) >= 11 is 0. The summed E-state index contributed by atoms with van der Waals surface area (Å²) in [5.74, 6) is 1.89. The molecule has 0 bridgehead atoms. The van der Waals surface area contributed by atoms with Crippen LogP contribution in [0.3, 0.4) is 0 Å². The van der Waals surface area contributed by atoms with E-state index in [1.54, 1.807) is 7.11 Å². The molecule has 2 heterocycles. The van der Waals surface area contributed by atoms with E-state index in [0.717, 1.165) is 42.1 Å². The highest BCUT2D eigenvalue weighted by atomic mass is 16.5. The lowest BCUT2D eigenvalue weighted by atomic mass is 9.88. The van der Waals surface area contributed by atoms with Gasteiger partial charge in [0.25, 0.3) is 0 Å². The molecule has 0 spiro atoms. The van der Waals surface area contributed by atoms with Gasteiger partial charge in [-0.1, -0.05) is 18.2 Å². The van der Waals surface area contributed by atoms with Gasteiger partial charge in [0.15, 0.2) is 0 Å². The summed E-state index contributed by atoms with van der Waals surface area (Å²) in [6, 6.07) is 10.5. The first-order valence-electron chi connectivity index (χ1n) is 9.79. The van der Waals surface area contributed by atoms with E-state index in [-0.39, 0.29) is 18.3 Å². The van der Waals surface area contributed by atoms with Crippen LogP contribution in [0.5, 0.6) is 11.5 Å². The molecule has 2 aliphatic rings. The molecule has 144 valence electrons. The second-order valence-electron chi connectivity index (χ2n) is 7.74. The number of aliphatic hydroxyl groups is 1. The number of hydrogen-bond donors (Lipinski definition) is 1. The molecule has 27 heavy (non-hydrogen) atoms. The van der Waals surface area contributed by atoms with E-state index >= 15 is 0 Å². The average Bonchev–Trinajstić information content (AvgIpc) is 3.14. The summed E-state index contributed by atoms with van der Waals surface area (Å²) in [5, 5.41) is 10.2. The molecule has 1 fully saturated rings. The first-order chi connectivity index (χ1) is 13.0. The van der Waals surface area contributed by atoms with Crippen molar-refractivity contribution in [3.05, 3.63) is 58.1 Å². The standard InChI is InChI=1S/C23H28O4/c1-14-10-18(24)13-22(27-14)21-12-17(20-8-9-26-23(20)15(21)2)11-16-4-6-19(25-3)7-5-16/h4-7,12,14,18,22,24H,8-11,13H2,1-3H3. The average molecular weight is 368 g/mol. The molecule has 2 aromatic carbocycles. The second kappa shape index (κ2) is 7.53. The first-order valence-corrected chi connectivity index (χ1v) is 9.79. The van der Waals surface area contributed by atoms with Crippen molar-refractivity contribution < 1.29 is 19.3 Å². The number of benzene rings is 2. The van der Waals surface area contributed by atoms with Crippen LogP contribution < -0.4 is 9.47 Å². The van der Waals surface area contributed by atoms with E-state index in [0.29, 0.717) is 12.8 Å². The molecule has 2 aliphatic heterocycles. The summed E-state index contributed by atoms with van der Waals surface area (Å²) in [5.41, 5.74) is 6.18. The van der Waals surface area contributed by atoms with Gasteiger partial charge in [-0.25, -0.2) is 0 Å². The third kappa shape index (κ3) is 3.69. The van der Waals surface area contributed by atoms with Crippen LogP contribution in [0, 0.1) is 6.92 Å². The third-order valence-corrected chi connectivity index (χ3v) is 5.75. The Kier molecular flexibility index (Phi) is 5.11. The lowest BCUT2D eigenvalue weighted by molar-refractivity contribution is -0.0898. The predicted octanol–water partition coefficient (Wildman–Crippen LogP) is 4.13. The second-order valence-corrected chi connectivity index (χ2v) is 7.74. The highest BCUT2D eigenvalue weighted by molar-refractivity contribution is 5.54. The Morgan fingerprint density at radius 1 is 1.19 bits per heavy atom. The van der Waals surface area contributed by atoms with E-state index in [1.165, 1.54) is 16.7 Å². The Balaban J connectivity index is 1.69. The number of rotatable bonds is 4. The molecule has 4 rings (SSSR count).